The summed E-state index contributed by atoms with van der Waals surface area (Å²) in [5, 5.41) is 7.09. The van der Waals surface area contributed by atoms with Crippen molar-refractivity contribution in [1.29, 1.82) is 0 Å². The highest BCUT2D eigenvalue weighted by Gasteiger charge is 2.51. The summed E-state index contributed by atoms with van der Waals surface area (Å²) in [6.07, 6.45) is 0. The lowest BCUT2D eigenvalue weighted by Crippen LogP contribution is -2.73. The third-order valence-corrected chi connectivity index (χ3v) is 22.9. The van der Waals surface area contributed by atoms with Gasteiger partial charge in [-0.1, -0.05) is 209 Å². The Kier molecular flexibility index (Phi) is 10.8. The number of para-hydroxylation sites is 1. The van der Waals surface area contributed by atoms with Crippen molar-refractivity contribution in [2.45, 2.75) is 52.8 Å². The Balaban J connectivity index is 1.10. The summed E-state index contributed by atoms with van der Waals surface area (Å²) in [6.45, 7) is 16.3. The first-order valence-corrected chi connectivity index (χ1v) is 31.7. The summed E-state index contributed by atoms with van der Waals surface area (Å²) in [5.74, 6) is 1.79. The van der Waals surface area contributed by atoms with E-state index < -0.39 is 16.1 Å². The van der Waals surface area contributed by atoms with Crippen molar-refractivity contribution in [2.24, 2.45) is 0 Å². The quantitative estimate of drug-likeness (QED) is 0.141. The Hall–Kier alpha value is -7.90. The van der Waals surface area contributed by atoms with Crippen LogP contribution in [0, 0.1) is 6.92 Å². The topological polar surface area (TPSA) is 15.7 Å². The first-order valence-electron chi connectivity index (χ1n) is 26.2. The zero-order chi connectivity index (χ0) is 50.5. The molecule has 0 aliphatic carbocycles. The molecule has 358 valence electrons. The minimum Gasteiger partial charge on any atom is -0.458 e. The molecule has 13 rings (SSSR count). The molecule has 10 aromatic rings. The van der Waals surface area contributed by atoms with Crippen LogP contribution in [0.5, 0.6) is 11.5 Å². The molecule has 10 aromatic carbocycles. The van der Waals surface area contributed by atoms with Crippen LogP contribution in [0.25, 0.3) is 22.3 Å². The Morgan fingerprint density at radius 1 is 0.473 bits per heavy atom. The van der Waals surface area contributed by atoms with E-state index in [2.05, 4.69) is 288 Å². The molecular formula is C68H59BN2OSi2. The van der Waals surface area contributed by atoms with Crippen molar-refractivity contribution in [2.75, 3.05) is 9.80 Å². The Labute approximate surface area is 439 Å². The zero-order valence-electron chi connectivity index (χ0n) is 43.3. The zero-order valence-corrected chi connectivity index (χ0v) is 45.3. The van der Waals surface area contributed by atoms with E-state index in [9.17, 15) is 0 Å². The van der Waals surface area contributed by atoms with E-state index in [1.54, 1.807) is 0 Å². The summed E-state index contributed by atoms with van der Waals surface area (Å²) >= 11 is 0. The first kappa shape index (κ1) is 45.9. The highest BCUT2D eigenvalue weighted by molar-refractivity contribution is 7.22. The fourth-order valence-electron chi connectivity index (χ4n) is 12.4. The van der Waals surface area contributed by atoms with Crippen molar-refractivity contribution in [1.82, 2.24) is 0 Å². The summed E-state index contributed by atoms with van der Waals surface area (Å²) in [4.78, 5) is 4.97. The third kappa shape index (κ3) is 7.29. The van der Waals surface area contributed by atoms with Gasteiger partial charge in [-0.15, -0.1) is 0 Å². The monoisotopic (exact) mass is 986 g/mol. The molecule has 3 nitrogen and oxygen atoms in total. The normalized spacial score (nSPS) is 13.8. The molecule has 3 heterocycles. The standard InChI is InChI=1S/C68H59BN2OSi2/c1-46-40-62-67-64(41-46)72-63-43-51(70(49-24-14-9-15-25-49)50-33-36-52(37-34-50)73(5,6)7)35-38-58(63)69(67)59-45-66-57(44-61(59)71(62)60-39-32-48(68(2,3)4)42-56(60)47-22-12-8-13-23-47)55-30-20-21-31-65(55)74(66,53-26-16-10-17-27-53)54-28-18-11-19-29-54/h8-45H,1-7H3. The van der Waals surface area contributed by atoms with Crippen LogP contribution in [0.15, 0.2) is 231 Å². The molecule has 0 unspecified atom stereocenters. The Bertz CT molecular complexity index is 3750. The largest absolute Gasteiger partial charge is 0.458 e. The van der Waals surface area contributed by atoms with Crippen LogP contribution in [0.2, 0.25) is 19.6 Å². The molecule has 0 saturated carbocycles. The molecule has 0 aromatic heterocycles. The molecule has 0 saturated heterocycles. The van der Waals surface area contributed by atoms with Crippen LogP contribution >= 0.6 is 0 Å². The molecular weight excluding hydrogens is 928 g/mol. The van der Waals surface area contributed by atoms with Gasteiger partial charge in [0.2, 0.25) is 0 Å². The fraction of sp³-hybridized carbons (Fsp3) is 0.118. The molecule has 6 heteroatoms. The molecule has 3 aliphatic heterocycles. The van der Waals surface area contributed by atoms with Crippen LogP contribution in [0.4, 0.5) is 34.1 Å². The minimum atomic E-state index is -2.88. The van der Waals surface area contributed by atoms with E-state index in [0.29, 0.717) is 0 Å². The molecule has 0 radical (unpaired) electrons. The number of hydrogen-bond donors (Lipinski definition) is 0. The van der Waals surface area contributed by atoms with Crippen molar-refractivity contribution in [3.8, 4) is 33.8 Å². The highest BCUT2D eigenvalue weighted by Crippen LogP contribution is 2.48. The summed E-state index contributed by atoms with van der Waals surface area (Å²) in [7, 11) is -4.40. The second kappa shape index (κ2) is 17.4. The predicted molar refractivity (Wildman–Crippen MR) is 321 cm³/mol. The molecule has 0 fully saturated rings. The van der Waals surface area contributed by atoms with Gasteiger partial charge in [0.1, 0.15) is 11.5 Å². The van der Waals surface area contributed by atoms with E-state index in [0.717, 1.165) is 45.5 Å². The van der Waals surface area contributed by atoms with Gasteiger partial charge in [0.05, 0.1) is 13.8 Å². The van der Waals surface area contributed by atoms with Gasteiger partial charge in [-0.25, -0.2) is 0 Å². The number of anilines is 6. The summed E-state index contributed by atoms with van der Waals surface area (Å²) in [6, 6.07) is 87.1. The van der Waals surface area contributed by atoms with Crippen molar-refractivity contribution < 1.29 is 4.74 Å². The molecule has 0 N–H and O–H groups in total. The minimum absolute atomic E-state index is 0.0489. The lowest BCUT2D eigenvalue weighted by molar-refractivity contribution is 0.487. The number of hydrogen-bond acceptors (Lipinski definition) is 3. The SMILES string of the molecule is Cc1cc2c3c(c1)N(c1ccc(C(C)(C)C)cc1-c1ccccc1)c1cc4c(cc1B3c1ccc(N(c3ccccc3)c3ccc([Si](C)(C)C)cc3)cc1O2)[Si](c1ccccc1)(c1ccccc1)c1ccccc1-4. The number of benzene rings is 10. The van der Waals surface area contributed by atoms with Crippen molar-refractivity contribution >= 4 is 99.3 Å². The van der Waals surface area contributed by atoms with Gasteiger partial charge in [-0.2, -0.15) is 0 Å². The number of fused-ring (bicyclic) bond motifs is 7. The van der Waals surface area contributed by atoms with Gasteiger partial charge >= 0.3 is 0 Å². The third-order valence-electron chi connectivity index (χ3n) is 15.9. The van der Waals surface area contributed by atoms with E-state index >= 15 is 0 Å². The van der Waals surface area contributed by atoms with Crippen molar-refractivity contribution in [3.05, 3.63) is 242 Å². The van der Waals surface area contributed by atoms with Gasteiger partial charge in [-0.3, -0.25) is 0 Å². The van der Waals surface area contributed by atoms with Gasteiger partial charge in [0.15, 0.2) is 8.07 Å². The van der Waals surface area contributed by atoms with Crippen LogP contribution in [-0.2, 0) is 5.41 Å². The van der Waals surface area contributed by atoms with E-state index in [-0.39, 0.29) is 12.1 Å². The van der Waals surface area contributed by atoms with Gasteiger partial charge < -0.3 is 14.5 Å². The first-order chi connectivity index (χ1) is 35.9. The maximum Gasteiger partial charge on any atom is 0.256 e. The number of aryl methyl sites for hydroxylation is 1. The van der Waals surface area contributed by atoms with Gasteiger partial charge in [-0.05, 0) is 138 Å². The average Bonchev–Trinajstić information content (AvgIpc) is 3.70. The van der Waals surface area contributed by atoms with Crippen LogP contribution < -0.4 is 56.9 Å². The molecule has 0 atom stereocenters. The molecule has 74 heavy (non-hydrogen) atoms. The lowest BCUT2D eigenvalue weighted by Gasteiger charge is -2.42. The van der Waals surface area contributed by atoms with Gasteiger partial charge in [0.25, 0.3) is 6.71 Å². The molecule has 0 bridgehead atoms. The van der Waals surface area contributed by atoms with Crippen molar-refractivity contribution in [3.63, 3.8) is 0 Å². The van der Waals surface area contributed by atoms with Crippen LogP contribution in [0.1, 0.15) is 31.9 Å². The number of nitrogens with zero attached hydrogens (tertiary/aromatic N) is 2. The molecule has 0 amide bonds. The van der Waals surface area contributed by atoms with Crippen LogP contribution in [0.3, 0.4) is 0 Å². The fourth-order valence-corrected chi connectivity index (χ4v) is 18.8. The second-order valence-corrected chi connectivity index (χ2v) is 31.4. The highest BCUT2D eigenvalue weighted by atomic mass is 28.3. The van der Waals surface area contributed by atoms with Crippen LogP contribution in [-0.4, -0.2) is 22.9 Å². The maximum atomic E-state index is 7.39. The molecule has 3 aliphatic rings. The number of ether oxygens (including phenoxy) is 1. The maximum absolute atomic E-state index is 7.39. The number of rotatable bonds is 8. The summed E-state index contributed by atoms with van der Waals surface area (Å²) in [5.41, 5.74) is 17.9. The smallest absolute Gasteiger partial charge is 0.256 e. The second-order valence-electron chi connectivity index (χ2n) is 22.6. The molecule has 0 spiro atoms. The Morgan fingerprint density at radius 3 is 1.74 bits per heavy atom. The van der Waals surface area contributed by atoms with E-state index in [1.165, 1.54) is 75.8 Å². The predicted octanol–water partition coefficient (Wildman–Crippen LogP) is 12.7. The van der Waals surface area contributed by atoms with E-state index in [4.69, 9.17) is 4.74 Å². The summed E-state index contributed by atoms with van der Waals surface area (Å²) < 4.78 is 7.39. The Morgan fingerprint density at radius 2 is 1.08 bits per heavy atom. The lowest BCUT2D eigenvalue weighted by atomic mass is 9.34. The van der Waals surface area contributed by atoms with Gasteiger partial charge in [0, 0.05) is 40.1 Å². The average molecular weight is 987 g/mol. The van der Waals surface area contributed by atoms with E-state index in [1.807, 2.05) is 0 Å².